The fraction of sp³-hybridized carbons (Fsp3) is 0.130. The topological polar surface area (TPSA) is 108 Å². The molecule has 3 aromatic heterocycles. The number of aromatic nitrogens is 3. The van der Waals surface area contributed by atoms with E-state index in [9.17, 15) is 19.8 Å². The molecule has 1 unspecified atom stereocenters. The van der Waals surface area contributed by atoms with Gasteiger partial charge in [-0.3, -0.25) is 14.5 Å². The number of carbonyl (C=O) groups is 2. The number of phenols is 1. The van der Waals surface area contributed by atoms with Crippen molar-refractivity contribution in [2.45, 2.75) is 19.9 Å². The third kappa shape index (κ3) is 2.89. The molecule has 1 saturated heterocycles. The van der Waals surface area contributed by atoms with Crippen molar-refractivity contribution in [3.63, 3.8) is 0 Å². The third-order valence-electron chi connectivity index (χ3n) is 5.56. The first kappa shape index (κ1) is 20.0. The smallest absolute Gasteiger partial charge is 0.301 e. The Balaban J connectivity index is 1.78. The lowest BCUT2D eigenvalue weighted by Gasteiger charge is -2.22. The Kier molecular flexibility index (Phi) is 4.56. The van der Waals surface area contributed by atoms with E-state index in [1.54, 1.807) is 24.4 Å². The molecule has 0 saturated carbocycles. The fourth-order valence-electron chi connectivity index (χ4n) is 4.05. The molecule has 1 fully saturated rings. The number of amides is 1. The molecule has 2 N–H and O–H groups in total. The number of benzene rings is 1. The van der Waals surface area contributed by atoms with Crippen molar-refractivity contribution >= 4 is 39.6 Å². The van der Waals surface area contributed by atoms with Crippen LogP contribution in [0.15, 0.2) is 59.7 Å². The number of imidazole rings is 1. The van der Waals surface area contributed by atoms with Crippen molar-refractivity contribution < 1.29 is 19.8 Å². The van der Waals surface area contributed by atoms with E-state index < -0.39 is 17.7 Å². The van der Waals surface area contributed by atoms with Crippen LogP contribution in [0.25, 0.3) is 11.4 Å². The number of anilines is 1. The minimum absolute atomic E-state index is 0.0215. The first-order valence-electron chi connectivity index (χ1n) is 9.82. The highest BCUT2D eigenvalue weighted by atomic mass is 32.1. The molecule has 0 aliphatic carbocycles. The van der Waals surface area contributed by atoms with Crippen LogP contribution in [0.5, 0.6) is 5.75 Å². The van der Waals surface area contributed by atoms with Crippen molar-refractivity contribution in [1.29, 1.82) is 0 Å². The molecule has 1 amide bonds. The normalized spacial score (nSPS) is 18.1. The molecule has 1 aliphatic heterocycles. The third-order valence-corrected chi connectivity index (χ3v) is 6.33. The van der Waals surface area contributed by atoms with E-state index in [1.807, 2.05) is 29.7 Å². The molecule has 4 aromatic rings. The number of aryl methyl sites for hydroxylation is 2. The maximum atomic E-state index is 13.2. The maximum Gasteiger partial charge on any atom is 0.301 e. The van der Waals surface area contributed by atoms with Crippen LogP contribution in [0.3, 0.4) is 0 Å². The molecule has 5 rings (SSSR count). The molecule has 9 heteroatoms. The largest absolute Gasteiger partial charge is 0.508 e. The number of thiazole rings is 1. The van der Waals surface area contributed by atoms with Crippen LogP contribution < -0.4 is 4.90 Å². The molecule has 0 spiro atoms. The van der Waals surface area contributed by atoms with Crippen LogP contribution in [0.1, 0.15) is 28.6 Å². The molecule has 8 nitrogen and oxygen atoms in total. The van der Waals surface area contributed by atoms with Gasteiger partial charge >= 0.3 is 5.91 Å². The summed E-state index contributed by atoms with van der Waals surface area (Å²) in [6, 6.07) is 9.07. The van der Waals surface area contributed by atoms with Gasteiger partial charge in [0, 0.05) is 17.8 Å². The molecule has 0 radical (unpaired) electrons. The molecule has 32 heavy (non-hydrogen) atoms. The average molecular weight is 446 g/mol. The Morgan fingerprint density at radius 2 is 1.97 bits per heavy atom. The second kappa shape index (κ2) is 7.31. The van der Waals surface area contributed by atoms with Gasteiger partial charge in [-0.1, -0.05) is 18.2 Å². The van der Waals surface area contributed by atoms with Crippen LogP contribution in [0.2, 0.25) is 0 Å². The molecular formula is C23H18N4O4S. The Morgan fingerprint density at radius 3 is 2.66 bits per heavy atom. The summed E-state index contributed by atoms with van der Waals surface area (Å²) < 4.78 is 1.82. The first-order valence-corrected chi connectivity index (χ1v) is 10.7. The number of hydrogen-bond donors (Lipinski definition) is 2. The van der Waals surface area contributed by atoms with Gasteiger partial charge in [0.2, 0.25) is 0 Å². The van der Waals surface area contributed by atoms with Crippen LogP contribution in [-0.4, -0.2) is 36.3 Å². The Bertz CT molecular complexity index is 1420. The van der Waals surface area contributed by atoms with Crippen molar-refractivity contribution in [2.75, 3.05) is 4.90 Å². The van der Waals surface area contributed by atoms with E-state index >= 15 is 0 Å². The quantitative estimate of drug-likeness (QED) is 0.282. The summed E-state index contributed by atoms with van der Waals surface area (Å²) in [7, 11) is 0. The minimum Gasteiger partial charge on any atom is -0.508 e. The van der Waals surface area contributed by atoms with Crippen LogP contribution >= 0.6 is 11.3 Å². The zero-order valence-corrected chi connectivity index (χ0v) is 18.0. The number of phenolic OH excluding ortho intramolecular Hbond substituents is 1. The number of Topliss-reactive ketones (excluding diaryl/α,β-unsaturated/α-hetero) is 1. The van der Waals surface area contributed by atoms with Crippen LogP contribution in [-0.2, 0) is 9.59 Å². The lowest BCUT2D eigenvalue weighted by atomic mass is 9.96. The second-order valence-electron chi connectivity index (χ2n) is 7.51. The van der Waals surface area contributed by atoms with E-state index in [0.29, 0.717) is 22.0 Å². The summed E-state index contributed by atoms with van der Waals surface area (Å²) >= 11 is 1.20. The van der Waals surface area contributed by atoms with Gasteiger partial charge in [0.25, 0.3) is 5.78 Å². The van der Waals surface area contributed by atoms with Gasteiger partial charge in [-0.2, -0.15) is 0 Å². The summed E-state index contributed by atoms with van der Waals surface area (Å²) in [4.78, 5) is 36.2. The fourth-order valence-corrected chi connectivity index (χ4v) is 4.72. The zero-order chi connectivity index (χ0) is 22.6. The summed E-state index contributed by atoms with van der Waals surface area (Å²) in [6.07, 6.45) is 3.36. The van der Waals surface area contributed by atoms with Crippen molar-refractivity contribution in [2.24, 2.45) is 0 Å². The number of pyridine rings is 1. The number of rotatable bonds is 3. The van der Waals surface area contributed by atoms with E-state index in [0.717, 1.165) is 5.56 Å². The van der Waals surface area contributed by atoms with Gasteiger partial charge in [-0.05, 0) is 43.2 Å². The lowest BCUT2D eigenvalue weighted by Crippen LogP contribution is -2.29. The molecule has 1 atom stereocenters. The first-order chi connectivity index (χ1) is 15.4. The number of hydrogen-bond acceptors (Lipinski definition) is 7. The molecule has 0 bridgehead atoms. The summed E-state index contributed by atoms with van der Waals surface area (Å²) in [5.41, 5.74) is 2.79. The molecular weight excluding hydrogens is 428 g/mol. The summed E-state index contributed by atoms with van der Waals surface area (Å²) in [5.74, 6) is -2.02. The summed E-state index contributed by atoms with van der Waals surface area (Å²) in [6.45, 7) is 3.69. The summed E-state index contributed by atoms with van der Waals surface area (Å²) in [5, 5.41) is 23.4. The maximum absolute atomic E-state index is 13.2. The van der Waals surface area contributed by atoms with Crippen LogP contribution in [0.4, 0.5) is 5.13 Å². The molecule has 1 aromatic carbocycles. The predicted molar refractivity (Wildman–Crippen MR) is 120 cm³/mol. The highest BCUT2D eigenvalue weighted by Crippen LogP contribution is 2.43. The van der Waals surface area contributed by atoms with Crippen molar-refractivity contribution in [3.05, 3.63) is 82.3 Å². The molecule has 160 valence electrons. The van der Waals surface area contributed by atoms with Crippen molar-refractivity contribution in [1.82, 2.24) is 14.4 Å². The van der Waals surface area contributed by atoms with Gasteiger partial charge in [0.05, 0.1) is 17.3 Å². The van der Waals surface area contributed by atoms with Gasteiger partial charge < -0.3 is 14.6 Å². The number of carbonyl (C=O) groups excluding carboxylic acids is 2. The number of nitrogens with zero attached hydrogens (tertiary/aromatic N) is 4. The second-order valence-corrected chi connectivity index (χ2v) is 8.38. The predicted octanol–water partition coefficient (Wildman–Crippen LogP) is 3.74. The average Bonchev–Trinajstić information content (AvgIpc) is 3.47. The van der Waals surface area contributed by atoms with E-state index in [-0.39, 0.29) is 22.8 Å². The van der Waals surface area contributed by atoms with E-state index in [4.69, 9.17) is 0 Å². The highest BCUT2D eigenvalue weighted by Gasteiger charge is 2.48. The standard InChI is InChI=1S/C23H18N4O4S/c1-12-5-4-9-26-13(2)17(25-21(12)26)19(29)16-18(14-6-3-7-15(28)11-14)27(22(31)20(16)30)23-24-8-10-32-23/h3-11,18,28-29H,1-2H3. The Hall–Kier alpha value is -3.98. The van der Waals surface area contributed by atoms with Crippen LogP contribution in [0, 0.1) is 13.8 Å². The number of aliphatic hydroxyl groups is 1. The van der Waals surface area contributed by atoms with Gasteiger partial charge in [-0.15, -0.1) is 11.3 Å². The Morgan fingerprint density at radius 1 is 1.16 bits per heavy atom. The molecule has 4 heterocycles. The number of fused-ring (bicyclic) bond motifs is 1. The number of aromatic hydroxyl groups is 1. The lowest BCUT2D eigenvalue weighted by molar-refractivity contribution is -0.132. The number of ketones is 1. The zero-order valence-electron chi connectivity index (χ0n) is 17.2. The monoisotopic (exact) mass is 446 g/mol. The Labute approximate surface area is 186 Å². The SMILES string of the molecule is Cc1cccn2c(C)c(C(O)=C3C(=O)C(=O)N(c4nccs4)C3c3cccc(O)c3)nc12. The number of aliphatic hydroxyl groups excluding tert-OH is 1. The van der Waals surface area contributed by atoms with Gasteiger partial charge in [-0.25, -0.2) is 9.97 Å². The molecule has 1 aliphatic rings. The minimum atomic E-state index is -0.960. The van der Waals surface area contributed by atoms with Crippen molar-refractivity contribution in [3.8, 4) is 5.75 Å². The van der Waals surface area contributed by atoms with E-state index in [2.05, 4.69) is 9.97 Å². The van der Waals surface area contributed by atoms with E-state index in [1.165, 1.54) is 34.6 Å². The van der Waals surface area contributed by atoms with Gasteiger partial charge in [0.1, 0.15) is 17.1 Å². The van der Waals surface area contributed by atoms with Gasteiger partial charge in [0.15, 0.2) is 10.9 Å². The highest BCUT2D eigenvalue weighted by molar-refractivity contribution is 7.14.